The van der Waals surface area contributed by atoms with E-state index in [0.717, 1.165) is 6.07 Å². The highest BCUT2D eigenvalue weighted by Gasteiger charge is 2.35. The molecule has 1 unspecified atom stereocenters. The van der Waals surface area contributed by atoms with Gasteiger partial charge in [-0.2, -0.15) is 0 Å². The molecule has 2 N–H and O–H groups in total. The second kappa shape index (κ2) is 5.17. The summed E-state index contributed by atoms with van der Waals surface area (Å²) in [6, 6.07) is 1.39. The lowest BCUT2D eigenvalue weighted by Crippen LogP contribution is -2.43. The van der Waals surface area contributed by atoms with E-state index in [4.69, 9.17) is 5.11 Å². The molecule has 0 saturated carbocycles. The summed E-state index contributed by atoms with van der Waals surface area (Å²) in [6.45, 7) is 2.73. The normalized spacial score (nSPS) is 13.7. The highest BCUT2D eigenvalue weighted by molar-refractivity contribution is 5.83. The van der Waals surface area contributed by atoms with Crippen LogP contribution in [0, 0.1) is 21.7 Å². The van der Waals surface area contributed by atoms with Crippen molar-refractivity contribution in [2.45, 2.75) is 25.8 Å². The lowest BCUT2D eigenvalue weighted by molar-refractivity contribution is -0.384. The number of benzene rings is 1. The molecule has 0 spiro atoms. The first kappa shape index (κ1) is 14.8. The number of hydrogen-bond donors (Lipinski definition) is 2. The molecule has 1 aromatic carbocycles. The Kier molecular flexibility index (Phi) is 4.03. The van der Waals surface area contributed by atoms with Gasteiger partial charge in [-0.1, -0.05) is 6.92 Å². The first-order valence-electron chi connectivity index (χ1n) is 5.37. The second-order valence-corrected chi connectivity index (χ2v) is 4.13. The number of nitro benzene ring substituents is 1. The van der Waals surface area contributed by atoms with Crippen LogP contribution in [0.4, 0.5) is 20.2 Å². The zero-order chi connectivity index (χ0) is 14.8. The third-order valence-electron chi connectivity index (χ3n) is 2.85. The molecule has 0 aromatic heterocycles. The summed E-state index contributed by atoms with van der Waals surface area (Å²) in [7, 11) is 0. The molecule has 0 fully saturated rings. The van der Waals surface area contributed by atoms with Gasteiger partial charge >= 0.3 is 5.97 Å². The second-order valence-electron chi connectivity index (χ2n) is 4.13. The standard InChI is InChI=1S/C11H12F2N2O4/c1-3-11(2,10(16)17)14-9-7(15(18)19)5-4-6(12)8(9)13/h4-5,14H,3H2,1-2H3,(H,16,17). The molecule has 1 aromatic rings. The fraction of sp³-hybridized carbons (Fsp3) is 0.364. The molecule has 0 aliphatic heterocycles. The average molecular weight is 274 g/mol. The van der Waals surface area contributed by atoms with Crippen molar-refractivity contribution in [2.24, 2.45) is 0 Å². The van der Waals surface area contributed by atoms with E-state index in [2.05, 4.69) is 5.32 Å². The summed E-state index contributed by atoms with van der Waals surface area (Å²) in [5.74, 6) is -4.10. The van der Waals surface area contributed by atoms with E-state index >= 15 is 0 Å². The van der Waals surface area contributed by atoms with Gasteiger partial charge in [0.2, 0.25) is 0 Å². The van der Waals surface area contributed by atoms with Crippen molar-refractivity contribution >= 4 is 17.3 Å². The lowest BCUT2D eigenvalue weighted by Gasteiger charge is -2.25. The topological polar surface area (TPSA) is 92.5 Å². The monoisotopic (exact) mass is 274 g/mol. The summed E-state index contributed by atoms with van der Waals surface area (Å²) in [4.78, 5) is 20.9. The van der Waals surface area contributed by atoms with Crippen molar-refractivity contribution < 1.29 is 23.6 Å². The van der Waals surface area contributed by atoms with Crippen molar-refractivity contribution in [2.75, 3.05) is 5.32 Å². The molecule has 6 nitrogen and oxygen atoms in total. The van der Waals surface area contributed by atoms with Crippen LogP contribution < -0.4 is 5.32 Å². The smallest absolute Gasteiger partial charge is 0.329 e. The van der Waals surface area contributed by atoms with Gasteiger partial charge in [0.25, 0.3) is 5.69 Å². The van der Waals surface area contributed by atoms with Crippen LogP contribution in [-0.4, -0.2) is 21.5 Å². The van der Waals surface area contributed by atoms with E-state index < -0.39 is 39.4 Å². The summed E-state index contributed by atoms with van der Waals surface area (Å²) < 4.78 is 26.7. The Labute approximate surface area is 107 Å². The van der Waals surface area contributed by atoms with Crippen LogP contribution in [-0.2, 0) is 4.79 Å². The van der Waals surface area contributed by atoms with Crippen molar-refractivity contribution in [1.29, 1.82) is 0 Å². The molecule has 0 aliphatic carbocycles. The predicted molar refractivity (Wildman–Crippen MR) is 63.0 cm³/mol. The third kappa shape index (κ3) is 2.78. The Hall–Kier alpha value is -2.25. The van der Waals surface area contributed by atoms with Crippen LogP contribution in [0.1, 0.15) is 20.3 Å². The number of nitrogens with one attached hydrogen (secondary N) is 1. The van der Waals surface area contributed by atoms with E-state index in [1.807, 2.05) is 0 Å². The van der Waals surface area contributed by atoms with Gasteiger partial charge in [-0.25, -0.2) is 13.6 Å². The molecule has 1 atom stereocenters. The summed E-state index contributed by atoms with van der Waals surface area (Å²) >= 11 is 0. The van der Waals surface area contributed by atoms with Gasteiger partial charge in [-0.3, -0.25) is 10.1 Å². The number of carbonyl (C=O) groups is 1. The Morgan fingerprint density at radius 1 is 1.53 bits per heavy atom. The van der Waals surface area contributed by atoms with Gasteiger partial charge in [-0.05, 0) is 19.4 Å². The quantitative estimate of drug-likeness (QED) is 0.635. The lowest BCUT2D eigenvalue weighted by atomic mass is 9.98. The fourth-order valence-electron chi connectivity index (χ4n) is 1.38. The van der Waals surface area contributed by atoms with Gasteiger partial charge in [0.1, 0.15) is 5.54 Å². The molecule has 0 amide bonds. The van der Waals surface area contributed by atoms with Gasteiger partial charge in [-0.15, -0.1) is 0 Å². The van der Waals surface area contributed by atoms with Crippen LogP contribution in [0.3, 0.4) is 0 Å². The van der Waals surface area contributed by atoms with Crippen molar-refractivity contribution in [3.8, 4) is 0 Å². The SMILES string of the molecule is CCC(C)(Nc1c([N+](=O)[O-])ccc(F)c1F)C(=O)O. The van der Waals surface area contributed by atoms with Crippen molar-refractivity contribution in [3.63, 3.8) is 0 Å². The number of nitro groups is 1. The van der Waals surface area contributed by atoms with Crippen LogP contribution >= 0.6 is 0 Å². The minimum atomic E-state index is -1.64. The largest absolute Gasteiger partial charge is 0.480 e. The molecular weight excluding hydrogens is 262 g/mol. The maximum absolute atomic E-state index is 13.6. The number of rotatable bonds is 5. The number of halogens is 2. The number of hydrogen-bond acceptors (Lipinski definition) is 4. The van der Waals surface area contributed by atoms with Crippen molar-refractivity contribution in [3.05, 3.63) is 33.9 Å². The van der Waals surface area contributed by atoms with Crippen LogP contribution in [0.2, 0.25) is 0 Å². The van der Waals surface area contributed by atoms with E-state index in [1.165, 1.54) is 13.8 Å². The molecule has 0 aliphatic rings. The zero-order valence-corrected chi connectivity index (χ0v) is 10.2. The molecule has 0 heterocycles. The third-order valence-corrected chi connectivity index (χ3v) is 2.85. The van der Waals surface area contributed by atoms with Crippen molar-refractivity contribution in [1.82, 2.24) is 0 Å². The maximum atomic E-state index is 13.6. The van der Waals surface area contributed by atoms with E-state index in [-0.39, 0.29) is 6.42 Å². The molecule has 104 valence electrons. The number of aliphatic carboxylic acids is 1. The molecule has 0 saturated heterocycles. The molecule has 19 heavy (non-hydrogen) atoms. The molecule has 8 heteroatoms. The van der Waals surface area contributed by atoms with Crippen LogP contribution in [0.25, 0.3) is 0 Å². The zero-order valence-electron chi connectivity index (χ0n) is 10.2. The Balaban J connectivity index is 3.37. The summed E-state index contributed by atoms with van der Waals surface area (Å²) in [5, 5.41) is 22.0. The average Bonchev–Trinajstić information content (AvgIpc) is 2.34. The first-order valence-corrected chi connectivity index (χ1v) is 5.37. The maximum Gasteiger partial charge on any atom is 0.329 e. The van der Waals surface area contributed by atoms with E-state index in [0.29, 0.717) is 6.07 Å². The number of carboxylic acids is 1. The van der Waals surface area contributed by atoms with Gasteiger partial charge < -0.3 is 10.4 Å². The van der Waals surface area contributed by atoms with Gasteiger partial charge in [0, 0.05) is 6.07 Å². The highest BCUT2D eigenvalue weighted by atomic mass is 19.2. The minimum absolute atomic E-state index is 0.0233. The molecule has 1 rings (SSSR count). The number of nitrogens with zero attached hydrogens (tertiary/aromatic N) is 1. The predicted octanol–water partition coefficient (Wildman–Crippen LogP) is 2.54. The minimum Gasteiger partial charge on any atom is -0.480 e. The van der Waals surface area contributed by atoms with E-state index in [1.54, 1.807) is 0 Å². The number of carboxylic acid groups (broad SMARTS) is 1. The molecular formula is C11H12F2N2O4. The fourth-order valence-corrected chi connectivity index (χ4v) is 1.38. The Morgan fingerprint density at radius 2 is 2.11 bits per heavy atom. The summed E-state index contributed by atoms with van der Waals surface area (Å²) in [6.07, 6.45) is 0.0233. The van der Waals surface area contributed by atoms with E-state index in [9.17, 15) is 23.7 Å². The first-order chi connectivity index (χ1) is 8.73. The Bertz CT molecular complexity index is 536. The van der Waals surface area contributed by atoms with Crippen LogP contribution in [0.5, 0.6) is 0 Å². The number of anilines is 1. The highest BCUT2D eigenvalue weighted by Crippen LogP contribution is 2.32. The van der Waals surface area contributed by atoms with Gasteiger partial charge in [0.05, 0.1) is 4.92 Å². The summed E-state index contributed by atoms with van der Waals surface area (Å²) in [5.41, 5.74) is -3.13. The Morgan fingerprint density at radius 3 is 2.53 bits per heavy atom. The van der Waals surface area contributed by atoms with Gasteiger partial charge in [0.15, 0.2) is 17.3 Å². The molecule has 0 radical (unpaired) electrons. The molecule has 0 bridgehead atoms. The van der Waals surface area contributed by atoms with Crippen LogP contribution in [0.15, 0.2) is 12.1 Å².